The Hall–Kier alpha value is -1.21. The minimum atomic E-state index is -0.588. The molecule has 0 aliphatic carbocycles. The van der Waals surface area contributed by atoms with Crippen LogP contribution in [0.4, 0.5) is 0 Å². The number of ether oxygens (including phenoxy) is 2. The molecule has 21 heavy (non-hydrogen) atoms. The first-order valence-corrected chi connectivity index (χ1v) is 6.75. The Labute approximate surface area is 131 Å². The number of nitrogens with two attached hydrogens (primary N) is 1. The Kier molecular flexibility index (Phi) is 7.60. The number of rotatable bonds is 6. The number of likely N-dealkylation sites (tertiary alicyclic amines) is 1. The molecule has 118 valence electrons. The highest BCUT2D eigenvalue weighted by Crippen LogP contribution is 2.15. The van der Waals surface area contributed by atoms with Crippen molar-refractivity contribution in [2.75, 3.05) is 26.8 Å². The van der Waals surface area contributed by atoms with E-state index in [0.717, 1.165) is 12.1 Å². The summed E-state index contributed by atoms with van der Waals surface area (Å²) in [5, 5.41) is 0. The average molecular weight is 316 g/mol. The number of carbonyl (C=O) groups is 1. The summed E-state index contributed by atoms with van der Waals surface area (Å²) in [7, 11) is 1.54. The van der Waals surface area contributed by atoms with E-state index in [2.05, 4.69) is 4.98 Å². The van der Waals surface area contributed by atoms with E-state index in [-0.39, 0.29) is 31.0 Å². The first kappa shape index (κ1) is 17.8. The van der Waals surface area contributed by atoms with E-state index in [1.54, 1.807) is 11.1 Å². The zero-order valence-electron chi connectivity index (χ0n) is 12.1. The lowest BCUT2D eigenvalue weighted by molar-refractivity contribution is -0.133. The summed E-state index contributed by atoms with van der Waals surface area (Å²) >= 11 is 0. The van der Waals surface area contributed by atoms with Gasteiger partial charge in [0.15, 0.2) is 0 Å². The predicted molar refractivity (Wildman–Crippen MR) is 81.1 cm³/mol. The van der Waals surface area contributed by atoms with Gasteiger partial charge in [0.25, 0.3) is 0 Å². The molecule has 1 aromatic heterocycles. The van der Waals surface area contributed by atoms with E-state index < -0.39 is 6.04 Å². The van der Waals surface area contributed by atoms with Gasteiger partial charge < -0.3 is 20.1 Å². The molecule has 2 N–H and O–H groups in total. The number of carbonyl (C=O) groups excluding carboxylic acids is 1. The van der Waals surface area contributed by atoms with Crippen LogP contribution in [-0.4, -0.2) is 54.7 Å². The second-order valence-corrected chi connectivity index (χ2v) is 4.89. The van der Waals surface area contributed by atoms with Gasteiger partial charge >= 0.3 is 0 Å². The summed E-state index contributed by atoms with van der Waals surface area (Å²) in [6.07, 6.45) is 2.63. The quantitative estimate of drug-likeness (QED) is 0.831. The fourth-order valence-electron chi connectivity index (χ4n) is 2.24. The molecule has 0 spiro atoms. The predicted octanol–water partition coefficient (Wildman–Crippen LogP) is 0.595. The van der Waals surface area contributed by atoms with Gasteiger partial charge in [-0.05, 0) is 18.6 Å². The standard InChI is InChI=1S/C14H21N3O3.ClH/c1-19-10-13(15)14(18)17-7-5-12(8-17)20-9-11-4-2-3-6-16-11;/h2-4,6,12-13H,5,7-10,15H2,1H3;1H. The van der Waals surface area contributed by atoms with Crippen LogP contribution in [0.1, 0.15) is 12.1 Å². The normalized spacial score (nSPS) is 19.1. The number of amides is 1. The van der Waals surface area contributed by atoms with Gasteiger partial charge in [-0.15, -0.1) is 12.4 Å². The zero-order chi connectivity index (χ0) is 14.4. The van der Waals surface area contributed by atoms with Crippen LogP contribution in [-0.2, 0) is 20.9 Å². The molecule has 0 saturated carbocycles. The Morgan fingerprint density at radius 3 is 3.05 bits per heavy atom. The summed E-state index contributed by atoms with van der Waals surface area (Å²) in [5.74, 6) is -0.0733. The third-order valence-electron chi connectivity index (χ3n) is 3.31. The van der Waals surface area contributed by atoms with Crippen molar-refractivity contribution >= 4 is 18.3 Å². The second-order valence-electron chi connectivity index (χ2n) is 4.89. The maximum absolute atomic E-state index is 12.0. The lowest BCUT2D eigenvalue weighted by Gasteiger charge is -2.20. The number of nitrogens with zero attached hydrogens (tertiary/aromatic N) is 2. The third kappa shape index (κ3) is 5.24. The lowest BCUT2D eigenvalue weighted by Crippen LogP contribution is -2.45. The fourth-order valence-corrected chi connectivity index (χ4v) is 2.24. The van der Waals surface area contributed by atoms with Crippen molar-refractivity contribution < 1.29 is 14.3 Å². The molecular formula is C14H22ClN3O3. The Morgan fingerprint density at radius 1 is 1.57 bits per heavy atom. The lowest BCUT2D eigenvalue weighted by atomic mass is 10.3. The zero-order valence-corrected chi connectivity index (χ0v) is 12.9. The van der Waals surface area contributed by atoms with Gasteiger partial charge in [-0.1, -0.05) is 6.07 Å². The molecule has 0 aromatic carbocycles. The molecule has 2 heterocycles. The van der Waals surface area contributed by atoms with Crippen LogP contribution < -0.4 is 5.73 Å². The van der Waals surface area contributed by atoms with Gasteiger partial charge in [-0.25, -0.2) is 0 Å². The molecule has 1 saturated heterocycles. The van der Waals surface area contributed by atoms with Crippen LogP contribution in [0.2, 0.25) is 0 Å². The van der Waals surface area contributed by atoms with Gasteiger partial charge in [0.2, 0.25) is 5.91 Å². The van der Waals surface area contributed by atoms with Crippen LogP contribution in [0.3, 0.4) is 0 Å². The number of methoxy groups -OCH3 is 1. The number of aromatic nitrogens is 1. The highest BCUT2D eigenvalue weighted by Gasteiger charge is 2.29. The van der Waals surface area contributed by atoms with Crippen molar-refractivity contribution in [2.45, 2.75) is 25.2 Å². The smallest absolute Gasteiger partial charge is 0.241 e. The topological polar surface area (TPSA) is 77.7 Å². The van der Waals surface area contributed by atoms with Crippen molar-refractivity contribution in [3.63, 3.8) is 0 Å². The summed E-state index contributed by atoms with van der Waals surface area (Å²) in [5.41, 5.74) is 6.65. The average Bonchev–Trinajstić information content (AvgIpc) is 2.94. The van der Waals surface area contributed by atoms with E-state index in [0.29, 0.717) is 19.7 Å². The van der Waals surface area contributed by atoms with Gasteiger partial charge in [0, 0.05) is 26.4 Å². The molecule has 2 rings (SSSR count). The maximum Gasteiger partial charge on any atom is 0.241 e. The molecule has 7 heteroatoms. The molecule has 1 aliphatic heterocycles. The highest BCUT2D eigenvalue weighted by molar-refractivity contribution is 5.85. The first-order valence-electron chi connectivity index (χ1n) is 6.75. The van der Waals surface area contributed by atoms with E-state index in [9.17, 15) is 4.79 Å². The molecule has 2 unspecified atom stereocenters. The van der Waals surface area contributed by atoms with Crippen molar-refractivity contribution in [3.8, 4) is 0 Å². The Bertz CT molecular complexity index is 433. The summed E-state index contributed by atoms with van der Waals surface area (Å²) in [4.78, 5) is 18.0. The molecule has 1 amide bonds. The van der Waals surface area contributed by atoms with Crippen LogP contribution in [0.15, 0.2) is 24.4 Å². The van der Waals surface area contributed by atoms with Crippen LogP contribution in [0, 0.1) is 0 Å². The summed E-state index contributed by atoms with van der Waals surface area (Å²) in [6.45, 7) is 1.98. The molecule has 1 fully saturated rings. The number of hydrogen-bond donors (Lipinski definition) is 1. The maximum atomic E-state index is 12.0. The summed E-state index contributed by atoms with van der Waals surface area (Å²) < 4.78 is 10.7. The molecule has 1 aliphatic rings. The van der Waals surface area contributed by atoms with Crippen LogP contribution in [0.5, 0.6) is 0 Å². The molecule has 6 nitrogen and oxygen atoms in total. The number of hydrogen-bond acceptors (Lipinski definition) is 5. The minimum Gasteiger partial charge on any atom is -0.383 e. The molecule has 0 bridgehead atoms. The van der Waals surface area contributed by atoms with Gasteiger partial charge in [0.05, 0.1) is 25.0 Å². The van der Waals surface area contributed by atoms with Gasteiger partial charge in [0.1, 0.15) is 6.04 Å². The van der Waals surface area contributed by atoms with Gasteiger partial charge in [-0.2, -0.15) is 0 Å². The fraction of sp³-hybridized carbons (Fsp3) is 0.571. The van der Waals surface area contributed by atoms with Crippen molar-refractivity contribution in [3.05, 3.63) is 30.1 Å². The number of pyridine rings is 1. The van der Waals surface area contributed by atoms with Crippen molar-refractivity contribution in [1.82, 2.24) is 9.88 Å². The van der Waals surface area contributed by atoms with Crippen molar-refractivity contribution in [2.24, 2.45) is 5.73 Å². The largest absolute Gasteiger partial charge is 0.383 e. The molecular weight excluding hydrogens is 294 g/mol. The number of halogens is 1. The van der Waals surface area contributed by atoms with Gasteiger partial charge in [-0.3, -0.25) is 9.78 Å². The van der Waals surface area contributed by atoms with E-state index in [1.807, 2.05) is 18.2 Å². The summed E-state index contributed by atoms with van der Waals surface area (Å²) in [6, 6.07) is 5.14. The molecule has 1 aromatic rings. The third-order valence-corrected chi connectivity index (χ3v) is 3.31. The van der Waals surface area contributed by atoms with Crippen molar-refractivity contribution in [1.29, 1.82) is 0 Å². The first-order chi connectivity index (χ1) is 9.70. The van der Waals surface area contributed by atoms with Crippen LogP contribution in [0.25, 0.3) is 0 Å². The van der Waals surface area contributed by atoms with E-state index in [1.165, 1.54) is 7.11 Å². The second kappa shape index (κ2) is 8.94. The SMILES string of the molecule is COCC(N)C(=O)N1CCC(OCc2ccccn2)C1.Cl. The monoisotopic (exact) mass is 315 g/mol. The van der Waals surface area contributed by atoms with E-state index >= 15 is 0 Å². The molecule has 0 radical (unpaired) electrons. The molecule has 2 atom stereocenters. The Morgan fingerprint density at radius 2 is 2.38 bits per heavy atom. The minimum absolute atomic E-state index is 0. The Balaban J connectivity index is 0.00000220. The van der Waals surface area contributed by atoms with E-state index in [4.69, 9.17) is 15.2 Å². The van der Waals surface area contributed by atoms with Crippen LogP contribution >= 0.6 is 12.4 Å². The highest BCUT2D eigenvalue weighted by atomic mass is 35.5.